The maximum Gasteiger partial charge on any atom is 0.251 e. The molecule has 1 aliphatic heterocycles. The minimum atomic E-state index is -0.463. The third-order valence-corrected chi connectivity index (χ3v) is 5.25. The Morgan fingerprint density at radius 2 is 1.97 bits per heavy atom. The minimum Gasteiger partial charge on any atom is -0.488 e. The van der Waals surface area contributed by atoms with Gasteiger partial charge in [0.05, 0.1) is 6.10 Å². The van der Waals surface area contributed by atoms with E-state index in [2.05, 4.69) is 10.3 Å². The number of hydrogen-bond donors (Lipinski definition) is 2. The molecule has 0 spiro atoms. The number of amides is 1. The third kappa shape index (κ3) is 4.42. The van der Waals surface area contributed by atoms with Crippen molar-refractivity contribution in [3.8, 4) is 5.75 Å². The molecule has 29 heavy (non-hydrogen) atoms. The van der Waals surface area contributed by atoms with Gasteiger partial charge in [-0.15, -0.1) is 0 Å². The molecule has 2 heterocycles. The van der Waals surface area contributed by atoms with Crippen LogP contribution < -0.4 is 15.6 Å². The highest BCUT2D eigenvalue weighted by Gasteiger charge is 2.27. The summed E-state index contributed by atoms with van der Waals surface area (Å²) in [5.74, 6) is 0.0682. The molecule has 1 atom stereocenters. The van der Waals surface area contributed by atoms with E-state index in [1.807, 2.05) is 32.1 Å². The van der Waals surface area contributed by atoms with Crippen LogP contribution >= 0.6 is 0 Å². The summed E-state index contributed by atoms with van der Waals surface area (Å²) in [4.78, 5) is 27.1. The number of benzene rings is 1. The Balaban J connectivity index is 1.74. The topological polar surface area (TPSA) is 71.2 Å². The van der Waals surface area contributed by atoms with Gasteiger partial charge in [-0.05, 0) is 62.8 Å². The minimum absolute atomic E-state index is 0.00460. The van der Waals surface area contributed by atoms with E-state index < -0.39 is 5.82 Å². The van der Waals surface area contributed by atoms with E-state index in [-0.39, 0.29) is 29.4 Å². The molecule has 1 aromatic carbocycles. The molecule has 1 aliphatic carbocycles. The zero-order chi connectivity index (χ0) is 20.5. The van der Waals surface area contributed by atoms with E-state index in [4.69, 9.17) is 4.74 Å². The summed E-state index contributed by atoms with van der Waals surface area (Å²) in [7, 11) is 0. The molecule has 4 rings (SSSR count). The van der Waals surface area contributed by atoms with Gasteiger partial charge in [-0.25, -0.2) is 4.39 Å². The van der Waals surface area contributed by atoms with E-state index in [1.165, 1.54) is 6.07 Å². The summed E-state index contributed by atoms with van der Waals surface area (Å²) >= 11 is 0. The van der Waals surface area contributed by atoms with Gasteiger partial charge in [0.15, 0.2) is 11.6 Å². The standard InChI is InChI=1S/C23H25FN2O3/c1-13(2)29-21-9-5-15(11-19(21)24)18(12-16-6-10-22(27)25-16)20-8-7-17(14-3-4-14)23(28)26-20/h5,7-9,11-14,16H,3-4,6,10H2,1-2H3,(H,25,27)(H,26,28)/t16-/m1/s1. The van der Waals surface area contributed by atoms with Gasteiger partial charge in [-0.1, -0.05) is 18.2 Å². The lowest BCUT2D eigenvalue weighted by Crippen LogP contribution is -2.23. The lowest BCUT2D eigenvalue weighted by atomic mass is 9.98. The van der Waals surface area contributed by atoms with Gasteiger partial charge >= 0.3 is 0 Å². The van der Waals surface area contributed by atoms with Gasteiger partial charge < -0.3 is 15.0 Å². The Morgan fingerprint density at radius 3 is 2.55 bits per heavy atom. The molecule has 2 fully saturated rings. The van der Waals surface area contributed by atoms with Crippen molar-refractivity contribution >= 4 is 11.5 Å². The quantitative estimate of drug-likeness (QED) is 0.778. The summed E-state index contributed by atoms with van der Waals surface area (Å²) in [5.41, 5.74) is 2.61. The summed E-state index contributed by atoms with van der Waals surface area (Å²) < 4.78 is 20.1. The van der Waals surface area contributed by atoms with Crippen LogP contribution in [0.5, 0.6) is 5.75 Å². The van der Waals surface area contributed by atoms with Crippen LogP contribution in [0.25, 0.3) is 5.57 Å². The predicted octanol–water partition coefficient (Wildman–Crippen LogP) is 3.89. The first-order valence-corrected chi connectivity index (χ1v) is 10.1. The van der Waals surface area contributed by atoms with Gasteiger partial charge in [0.25, 0.3) is 5.56 Å². The van der Waals surface area contributed by atoms with Crippen molar-refractivity contribution in [1.82, 2.24) is 10.3 Å². The van der Waals surface area contributed by atoms with Gasteiger partial charge in [0.1, 0.15) is 0 Å². The molecule has 0 unspecified atom stereocenters. The molecular weight excluding hydrogens is 371 g/mol. The number of carbonyl (C=O) groups excluding carboxylic acids is 1. The Bertz CT molecular complexity index is 1020. The first kappa shape index (κ1) is 19.4. The molecule has 2 aliphatic rings. The molecule has 152 valence electrons. The molecule has 1 saturated carbocycles. The lowest BCUT2D eigenvalue weighted by molar-refractivity contribution is -0.119. The molecule has 6 heteroatoms. The van der Waals surface area contributed by atoms with Crippen molar-refractivity contribution in [3.05, 3.63) is 69.4 Å². The summed E-state index contributed by atoms with van der Waals surface area (Å²) in [6.45, 7) is 3.68. The smallest absolute Gasteiger partial charge is 0.251 e. The van der Waals surface area contributed by atoms with E-state index in [9.17, 15) is 14.0 Å². The number of aromatic amines is 1. The van der Waals surface area contributed by atoms with Crippen LogP contribution in [-0.2, 0) is 4.79 Å². The van der Waals surface area contributed by atoms with Gasteiger partial charge in [0, 0.05) is 29.3 Å². The SMILES string of the molecule is CC(C)Oc1ccc(C(=C[C@H]2CCC(=O)N2)c2ccc(C3CC3)c(=O)[nH]2)cc1F. The fourth-order valence-corrected chi connectivity index (χ4v) is 3.68. The maximum absolute atomic E-state index is 14.6. The van der Waals surface area contributed by atoms with Crippen LogP contribution in [0.3, 0.4) is 0 Å². The number of H-pyrrole nitrogens is 1. The zero-order valence-corrected chi connectivity index (χ0v) is 16.6. The highest BCUT2D eigenvalue weighted by molar-refractivity contribution is 5.82. The molecule has 0 bridgehead atoms. The van der Waals surface area contributed by atoms with Gasteiger partial charge in [-0.2, -0.15) is 0 Å². The normalized spacial score (nSPS) is 19.5. The fraction of sp³-hybridized carbons (Fsp3) is 0.391. The first-order chi connectivity index (χ1) is 13.9. The van der Waals surface area contributed by atoms with E-state index in [0.717, 1.165) is 18.4 Å². The summed E-state index contributed by atoms with van der Waals surface area (Å²) in [5, 5.41) is 2.90. The number of halogens is 1. The Morgan fingerprint density at radius 1 is 1.17 bits per heavy atom. The van der Waals surface area contributed by atoms with E-state index in [0.29, 0.717) is 35.6 Å². The third-order valence-electron chi connectivity index (χ3n) is 5.25. The summed E-state index contributed by atoms with van der Waals surface area (Å²) in [6.07, 6.45) is 4.98. The average Bonchev–Trinajstić information content (AvgIpc) is 3.42. The average molecular weight is 396 g/mol. The van der Waals surface area contributed by atoms with Crippen LogP contribution in [0.15, 0.2) is 41.2 Å². The van der Waals surface area contributed by atoms with E-state index in [1.54, 1.807) is 12.1 Å². The fourth-order valence-electron chi connectivity index (χ4n) is 3.68. The Kier molecular flexibility index (Phi) is 5.26. The highest BCUT2D eigenvalue weighted by atomic mass is 19.1. The molecule has 1 amide bonds. The van der Waals surface area contributed by atoms with Gasteiger partial charge in [0.2, 0.25) is 5.91 Å². The van der Waals surface area contributed by atoms with Crippen molar-refractivity contribution in [1.29, 1.82) is 0 Å². The molecule has 0 radical (unpaired) electrons. The van der Waals surface area contributed by atoms with Crippen LogP contribution in [0.4, 0.5) is 4.39 Å². The van der Waals surface area contributed by atoms with E-state index >= 15 is 0 Å². The van der Waals surface area contributed by atoms with Crippen molar-refractivity contribution < 1.29 is 13.9 Å². The first-order valence-electron chi connectivity index (χ1n) is 10.1. The molecule has 1 aromatic heterocycles. The largest absolute Gasteiger partial charge is 0.488 e. The second-order valence-electron chi connectivity index (χ2n) is 8.04. The lowest BCUT2D eigenvalue weighted by Gasteiger charge is -2.15. The zero-order valence-electron chi connectivity index (χ0n) is 16.6. The molecular formula is C23H25FN2O3. The molecule has 2 aromatic rings. The molecule has 1 saturated heterocycles. The van der Waals surface area contributed by atoms with Crippen LogP contribution in [-0.4, -0.2) is 23.0 Å². The number of aromatic nitrogens is 1. The number of pyridine rings is 1. The maximum atomic E-state index is 14.6. The second-order valence-corrected chi connectivity index (χ2v) is 8.04. The van der Waals surface area contributed by atoms with Gasteiger partial charge in [-0.3, -0.25) is 9.59 Å². The highest BCUT2D eigenvalue weighted by Crippen LogP contribution is 2.38. The second kappa shape index (κ2) is 7.85. The number of rotatable bonds is 6. The number of carbonyl (C=O) groups is 1. The van der Waals surface area contributed by atoms with Crippen molar-refractivity contribution in [2.75, 3.05) is 0 Å². The van der Waals surface area contributed by atoms with Crippen molar-refractivity contribution in [2.24, 2.45) is 0 Å². The monoisotopic (exact) mass is 396 g/mol. The van der Waals surface area contributed by atoms with Crippen LogP contribution in [0.1, 0.15) is 62.3 Å². The van der Waals surface area contributed by atoms with Crippen molar-refractivity contribution in [3.63, 3.8) is 0 Å². The number of ether oxygens (including phenoxy) is 1. The van der Waals surface area contributed by atoms with Crippen LogP contribution in [0.2, 0.25) is 0 Å². The molecule has 2 N–H and O–H groups in total. The Hall–Kier alpha value is -2.89. The number of nitrogens with one attached hydrogen (secondary N) is 2. The predicted molar refractivity (Wildman–Crippen MR) is 109 cm³/mol. The Labute approximate surface area is 169 Å². The summed E-state index contributed by atoms with van der Waals surface area (Å²) in [6, 6.07) is 8.36. The molecule has 5 nitrogen and oxygen atoms in total. The van der Waals surface area contributed by atoms with Crippen LogP contribution in [0, 0.1) is 5.82 Å². The number of hydrogen-bond acceptors (Lipinski definition) is 3. The van der Waals surface area contributed by atoms with Crippen molar-refractivity contribution in [2.45, 2.75) is 57.6 Å².